The highest BCUT2D eigenvalue weighted by atomic mass is 16.5. The van der Waals surface area contributed by atoms with Gasteiger partial charge in [0.15, 0.2) is 0 Å². The molecule has 0 radical (unpaired) electrons. The molecule has 27 heavy (non-hydrogen) atoms. The van der Waals surface area contributed by atoms with Crippen molar-refractivity contribution in [3.63, 3.8) is 0 Å². The zero-order valence-electron chi connectivity index (χ0n) is 16.0. The maximum absolute atomic E-state index is 12.2. The maximum atomic E-state index is 12.2. The molecule has 1 aliphatic heterocycles. The summed E-state index contributed by atoms with van der Waals surface area (Å²) in [6.07, 6.45) is 6.26. The van der Waals surface area contributed by atoms with Crippen molar-refractivity contribution in [1.29, 1.82) is 0 Å². The van der Waals surface area contributed by atoms with E-state index in [4.69, 9.17) is 9.72 Å². The first-order valence-corrected chi connectivity index (χ1v) is 9.95. The lowest BCUT2D eigenvalue weighted by Crippen LogP contribution is -2.37. The molecule has 2 aliphatic rings. The predicted molar refractivity (Wildman–Crippen MR) is 105 cm³/mol. The number of fused-ring (bicyclic) bond motifs is 1. The Balaban J connectivity index is 1.34. The fourth-order valence-corrected chi connectivity index (χ4v) is 4.08. The van der Waals surface area contributed by atoms with Crippen LogP contribution in [0.5, 0.6) is 5.75 Å². The average Bonchev–Trinajstić information content (AvgIpc) is 3.35. The second-order valence-corrected chi connectivity index (χ2v) is 7.57. The van der Waals surface area contributed by atoms with Gasteiger partial charge in [0.05, 0.1) is 18.5 Å². The van der Waals surface area contributed by atoms with Crippen LogP contribution < -0.4 is 10.1 Å². The summed E-state index contributed by atoms with van der Waals surface area (Å²) in [6.45, 7) is 2.57. The van der Waals surface area contributed by atoms with Crippen molar-refractivity contribution in [3.8, 4) is 17.1 Å². The molecule has 144 valence electrons. The molecule has 2 N–H and O–H groups in total. The van der Waals surface area contributed by atoms with Crippen molar-refractivity contribution >= 4 is 5.91 Å². The summed E-state index contributed by atoms with van der Waals surface area (Å²) in [5, 5.41) is 3.18. The third-order valence-electron chi connectivity index (χ3n) is 5.63. The molecule has 0 bridgehead atoms. The standard InChI is InChI=1S/C21H28N4O2/c1-27-17-8-4-5-15(13-17)21-23-18-9-11-25(14-19(18)24-21)12-10-20(26)22-16-6-2-3-7-16/h4-5,8,13,16H,2-3,6-7,9-12,14H2,1H3,(H,22,26)(H,23,24). The number of amides is 1. The minimum Gasteiger partial charge on any atom is -0.497 e. The van der Waals surface area contributed by atoms with Gasteiger partial charge in [0.1, 0.15) is 11.6 Å². The quantitative estimate of drug-likeness (QED) is 0.823. The lowest BCUT2D eigenvalue weighted by atomic mass is 10.1. The molecule has 0 spiro atoms. The van der Waals surface area contributed by atoms with Crippen LogP contribution >= 0.6 is 0 Å². The van der Waals surface area contributed by atoms with E-state index >= 15 is 0 Å². The largest absolute Gasteiger partial charge is 0.497 e. The number of benzene rings is 1. The number of methoxy groups -OCH3 is 1. The summed E-state index contributed by atoms with van der Waals surface area (Å²) in [5.41, 5.74) is 3.33. The summed E-state index contributed by atoms with van der Waals surface area (Å²) in [5.74, 6) is 1.91. The zero-order valence-corrected chi connectivity index (χ0v) is 16.0. The van der Waals surface area contributed by atoms with Crippen LogP contribution in [0.1, 0.15) is 43.5 Å². The Hall–Kier alpha value is -2.34. The van der Waals surface area contributed by atoms with Gasteiger partial charge in [0, 0.05) is 44.1 Å². The SMILES string of the molecule is COc1cccc(-c2nc3c([nH]2)CN(CCC(=O)NC2CCCC2)CC3)c1. The van der Waals surface area contributed by atoms with Gasteiger partial charge in [-0.15, -0.1) is 0 Å². The zero-order chi connectivity index (χ0) is 18.6. The van der Waals surface area contributed by atoms with E-state index < -0.39 is 0 Å². The summed E-state index contributed by atoms with van der Waals surface area (Å²) < 4.78 is 5.31. The van der Waals surface area contributed by atoms with Gasteiger partial charge < -0.3 is 15.0 Å². The van der Waals surface area contributed by atoms with Gasteiger partial charge in [0.2, 0.25) is 5.91 Å². The lowest BCUT2D eigenvalue weighted by Gasteiger charge is -2.25. The van der Waals surface area contributed by atoms with E-state index in [1.54, 1.807) is 7.11 Å². The highest BCUT2D eigenvalue weighted by molar-refractivity contribution is 5.76. The van der Waals surface area contributed by atoms with Crippen LogP contribution in [0, 0.1) is 0 Å². The van der Waals surface area contributed by atoms with Gasteiger partial charge in [-0.05, 0) is 25.0 Å². The third-order valence-corrected chi connectivity index (χ3v) is 5.63. The second-order valence-electron chi connectivity index (χ2n) is 7.57. The molecule has 6 heteroatoms. The monoisotopic (exact) mass is 368 g/mol. The number of carbonyl (C=O) groups is 1. The molecule has 0 atom stereocenters. The van der Waals surface area contributed by atoms with E-state index in [1.807, 2.05) is 24.3 Å². The minimum atomic E-state index is 0.189. The van der Waals surface area contributed by atoms with E-state index in [9.17, 15) is 4.79 Å². The Labute approximate surface area is 160 Å². The number of nitrogens with one attached hydrogen (secondary N) is 2. The molecule has 6 nitrogen and oxygen atoms in total. The van der Waals surface area contributed by atoms with Crippen molar-refractivity contribution in [2.75, 3.05) is 20.2 Å². The summed E-state index contributed by atoms with van der Waals surface area (Å²) in [7, 11) is 1.67. The number of H-pyrrole nitrogens is 1. The van der Waals surface area contributed by atoms with Crippen molar-refractivity contribution in [3.05, 3.63) is 35.7 Å². The molecule has 1 aromatic heterocycles. The topological polar surface area (TPSA) is 70.2 Å². The Morgan fingerprint density at radius 3 is 3.04 bits per heavy atom. The molecule has 1 amide bonds. The number of nitrogens with zero attached hydrogens (tertiary/aromatic N) is 2. The van der Waals surface area contributed by atoms with Crippen molar-refractivity contribution in [2.24, 2.45) is 0 Å². The van der Waals surface area contributed by atoms with Crippen LogP contribution in [0.25, 0.3) is 11.4 Å². The molecule has 0 saturated heterocycles. The van der Waals surface area contributed by atoms with E-state index in [2.05, 4.69) is 15.2 Å². The molecule has 2 heterocycles. The highest BCUT2D eigenvalue weighted by Crippen LogP contribution is 2.25. The fraction of sp³-hybridized carbons (Fsp3) is 0.524. The predicted octanol–water partition coefficient (Wildman–Crippen LogP) is 2.89. The molecular formula is C21H28N4O2. The second kappa shape index (κ2) is 8.13. The van der Waals surface area contributed by atoms with Gasteiger partial charge in [0.25, 0.3) is 0 Å². The van der Waals surface area contributed by atoms with E-state index in [0.717, 1.165) is 67.4 Å². The van der Waals surface area contributed by atoms with Crippen molar-refractivity contribution < 1.29 is 9.53 Å². The molecule has 2 aromatic rings. The number of imidazole rings is 1. The average molecular weight is 368 g/mol. The van der Waals surface area contributed by atoms with Crippen LogP contribution in [0.3, 0.4) is 0 Å². The van der Waals surface area contributed by atoms with Crippen LogP contribution in [0.4, 0.5) is 0 Å². The number of aromatic nitrogens is 2. The van der Waals surface area contributed by atoms with E-state index in [1.165, 1.54) is 12.8 Å². The Morgan fingerprint density at radius 2 is 2.22 bits per heavy atom. The van der Waals surface area contributed by atoms with E-state index in [0.29, 0.717) is 12.5 Å². The molecule has 1 fully saturated rings. The first-order chi connectivity index (χ1) is 13.2. The van der Waals surface area contributed by atoms with Crippen molar-refractivity contribution in [2.45, 2.75) is 51.1 Å². The minimum absolute atomic E-state index is 0.189. The maximum Gasteiger partial charge on any atom is 0.221 e. The molecule has 1 saturated carbocycles. The number of carbonyl (C=O) groups excluding carboxylic acids is 1. The van der Waals surface area contributed by atoms with Crippen molar-refractivity contribution in [1.82, 2.24) is 20.2 Å². The van der Waals surface area contributed by atoms with Crippen LogP contribution in [0.15, 0.2) is 24.3 Å². The van der Waals surface area contributed by atoms with Gasteiger partial charge in [-0.1, -0.05) is 25.0 Å². The van der Waals surface area contributed by atoms with E-state index in [-0.39, 0.29) is 5.91 Å². The first-order valence-electron chi connectivity index (χ1n) is 9.95. The number of hydrogen-bond donors (Lipinski definition) is 2. The lowest BCUT2D eigenvalue weighted by molar-refractivity contribution is -0.122. The number of ether oxygens (including phenoxy) is 1. The number of hydrogen-bond acceptors (Lipinski definition) is 4. The summed E-state index contributed by atoms with van der Waals surface area (Å²) in [6, 6.07) is 8.35. The van der Waals surface area contributed by atoms with Gasteiger partial charge in [-0.2, -0.15) is 0 Å². The normalized spacial score (nSPS) is 17.7. The van der Waals surface area contributed by atoms with Gasteiger partial charge in [-0.25, -0.2) is 4.98 Å². The summed E-state index contributed by atoms with van der Waals surface area (Å²) in [4.78, 5) is 22.8. The van der Waals surface area contributed by atoms with Crippen LogP contribution in [-0.2, 0) is 17.8 Å². The molecule has 1 aromatic carbocycles. The van der Waals surface area contributed by atoms with Gasteiger partial charge in [-0.3, -0.25) is 9.69 Å². The fourth-order valence-electron chi connectivity index (χ4n) is 4.08. The number of aromatic amines is 1. The summed E-state index contributed by atoms with van der Waals surface area (Å²) >= 11 is 0. The molecule has 0 unspecified atom stereocenters. The van der Waals surface area contributed by atoms with Crippen LogP contribution in [-0.4, -0.2) is 47.0 Å². The molecular weight excluding hydrogens is 340 g/mol. The van der Waals surface area contributed by atoms with Crippen LogP contribution in [0.2, 0.25) is 0 Å². The third kappa shape index (κ3) is 4.33. The smallest absolute Gasteiger partial charge is 0.221 e. The number of rotatable bonds is 6. The van der Waals surface area contributed by atoms with Gasteiger partial charge >= 0.3 is 0 Å². The molecule has 1 aliphatic carbocycles. The Kier molecular flexibility index (Phi) is 5.43. The Morgan fingerprint density at radius 1 is 1.37 bits per heavy atom. The first kappa shape index (κ1) is 18.0. The molecule has 4 rings (SSSR count). The highest BCUT2D eigenvalue weighted by Gasteiger charge is 2.22. The Bertz CT molecular complexity index is 795.